The third-order valence-corrected chi connectivity index (χ3v) is 6.23. The topological polar surface area (TPSA) is 87.0 Å². The fourth-order valence-electron chi connectivity index (χ4n) is 3.64. The number of thiazole rings is 1. The first-order valence-corrected chi connectivity index (χ1v) is 10.7. The van der Waals surface area contributed by atoms with Crippen molar-refractivity contribution < 1.29 is 23.5 Å². The van der Waals surface area contributed by atoms with E-state index in [1.54, 1.807) is 49.4 Å². The quantitative estimate of drug-likeness (QED) is 0.551. The van der Waals surface area contributed by atoms with Crippen LogP contribution in [0.2, 0.25) is 0 Å². The van der Waals surface area contributed by atoms with Crippen molar-refractivity contribution in [2.45, 2.75) is 13.0 Å². The van der Waals surface area contributed by atoms with E-state index in [0.717, 1.165) is 0 Å². The van der Waals surface area contributed by atoms with E-state index in [4.69, 9.17) is 9.47 Å². The predicted molar refractivity (Wildman–Crippen MR) is 120 cm³/mol. The van der Waals surface area contributed by atoms with Gasteiger partial charge in [0, 0.05) is 0 Å². The molecule has 33 heavy (non-hydrogen) atoms. The largest absolute Gasteiger partial charge is 0.466 e. The van der Waals surface area contributed by atoms with Crippen molar-refractivity contribution in [3.8, 4) is 0 Å². The molecule has 3 aromatic rings. The molecule has 0 spiro atoms. The van der Waals surface area contributed by atoms with Gasteiger partial charge in [-0.2, -0.15) is 0 Å². The minimum atomic E-state index is -0.796. The highest BCUT2D eigenvalue weighted by Crippen LogP contribution is 2.30. The lowest BCUT2D eigenvalue weighted by molar-refractivity contribution is -0.136. The zero-order valence-corrected chi connectivity index (χ0v) is 18.8. The second-order valence-corrected chi connectivity index (χ2v) is 8.25. The van der Waals surface area contributed by atoms with E-state index in [0.29, 0.717) is 31.7 Å². The fraction of sp³-hybridized carbons (Fsp3) is 0.167. The van der Waals surface area contributed by atoms with Crippen LogP contribution in [0.15, 0.2) is 69.6 Å². The molecule has 0 bridgehead atoms. The highest BCUT2D eigenvalue weighted by Gasteiger charge is 2.33. The number of rotatable bonds is 4. The Kier molecular flexibility index (Phi) is 6.06. The number of carbonyl (C=O) groups excluding carboxylic acids is 2. The Morgan fingerprint density at radius 3 is 2.27 bits per heavy atom. The van der Waals surface area contributed by atoms with E-state index in [2.05, 4.69) is 4.99 Å². The molecule has 1 aliphatic rings. The number of fused-ring (bicyclic) bond motifs is 1. The summed E-state index contributed by atoms with van der Waals surface area (Å²) in [6.45, 7) is 1.68. The summed E-state index contributed by atoms with van der Waals surface area (Å²) in [7, 11) is 2.55. The summed E-state index contributed by atoms with van der Waals surface area (Å²) in [5.41, 5.74) is 1.91. The second kappa shape index (κ2) is 8.95. The van der Waals surface area contributed by atoms with Gasteiger partial charge in [0.05, 0.1) is 41.6 Å². The number of aromatic nitrogens is 1. The molecule has 9 heteroatoms. The number of hydrogen-bond donors (Lipinski definition) is 0. The van der Waals surface area contributed by atoms with Crippen LogP contribution in [0.3, 0.4) is 0 Å². The van der Waals surface area contributed by atoms with Crippen LogP contribution < -0.4 is 14.9 Å². The van der Waals surface area contributed by atoms with Crippen LogP contribution in [0.5, 0.6) is 0 Å². The monoisotopic (exact) mass is 466 g/mol. The molecule has 0 aliphatic carbocycles. The second-order valence-electron chi connectivity index (χ2n) is 7.24. The molecular formula is C24H19FN2O5S. The first-order chi connectivity index (χ1) is 15.8. The molecule has 1 aromatic heterocycles. The Bertz CT molecular complexity index is 1450. The maximum atomic E-state index is 13.4. The number of halogens is 1. The maximum Gasteiger partial charge on any atom is 0.338 e. The normalized spacial score (nSPS) is 15.6. The summed E-state index contributed by atoms with van der Waals surface area (Å²) in [5.74, 6) is -1.47. The van der Waals surface area contributed by atoms with E-state index in [1.807, 2.05) is 0 Å². The minimum absolute atomic E-state index is 0.226. The van der Waals surface area contributed by atoms with Crippen LogP contribution in [0.4, 0.5) is 4.39 Å². The van der Waals surface area contributed by atoms with Gasteiger partial charge in [-0.3, -0.25) is 9.36 Å². The Labute approximate surface area is 191 Å². The smallest absolute Gasteiger partial charge is 0.338 e. The van der Waals surface area contributed by atoms with E-state index in [1.165, 1.54) is 42.3 Å². The van der Waals surface area contributed by atoms with Gasteiger partial charge in [0.1, 0.15) is 5.82 Å². The van der Waals surface area contributed by atoms with Crippen LogP contribution >= 0.6 is 11.3 Å². The number of esters is 2. The summed E-state index contributed by atoms with van der Waals surface area (Å²) >= 11 is 1.17. The maximum absolute atomic E-state index is 13.4. The standard InChI is InChI=1S/C24H19FN2O5S/c1-13-19(23(30)32-3)20(15-6-8-16(9-7-15)22(29)31-2)27-21(28)18(33-24(27)26-13)12-14-4-10-17(25)11-5-14/h4-12,20H,1-3H3/b18-12-/t20-/m0/s1. The first-order valence-electron chi connectivity index (χ1n) is 9.88. The van der Waals surface area contributed by atoms with Crippen molar-refractivity contribution in [1.82, 2.24) is 4.57 Å². The van der Waals surface area contributed by atoms with Gasteiger partial charge >= 0.3 is 11.9 Å². The number of benzene rings is 2. The summed E-state index contributed by atoms with van der Waals surface area (Å²) < 4.78 is 24.8. The van der Waals surface area contributed by atoms with Gasteiger partial charge < -0.3 is 9.47 Å². The molecular weight excluding hydrogens is 447 g/mol. The van der Waals surface area contributed by atoms with E-state index in [9.17, 15) is 18.8 Å². The molecule has 0 amide bonds. The summed E-state index contributed by atoms with van der Waals surface area (Å²) in [6, 6.07) is 11.4. The first kappa shape index (κ1) is 22.3. The van der Waals surface area contributed by atoms with Crippen molar-refractivity contribution in [2.75, 3.05) is 14.2 Å². The molecule has 0 saturated heterocycles. The molecule has 2 heterocycles. The predicted octanol–water partition coefficient (Wildman–Crippen LogP) is 2.33. The summed E-state index contributed by atoms with van der Waals surface area (Å²) in [6.07, 6.45) is 1.65. The van der Waals surface area contributed by atoms with Gasteiger partial charge in [0.15, 0.2) is 4.80 Å². The molecule has 1 aliphatic heterocycles. The number of carbonyl (C=O) groups is 2. The molecule has 2 aromatic carbocycles. The van der Waals surface area contributed by atoms with Crippen LogP contribution in [-0.4, -0.2) is 30.7 Å². The molecule has 168 valence electrons. The zero-order chi connectivity index (χ0) is 23.7. The van der Waals surface area contributed by atoms with Crippen LogP contribution in [0.1, 0.15) is 34.5 Å². The molecule has 0 saturated carbocycles. The number of nitrogens with zero attached hydrogens (tertiary/aromatic N) is 2. The van der Waals surface area contributed by atoms with Gasteiger partial charge in [-0.1, -0.05) is 35.6 Å². The van der Waals surface area contributed by atoms with Crippen molar-refractivity contribution in [3.05, 3.63) is 102 Å². The van der Waals surface area contributed by atoms with E-state index in [-0.39, 0.29) is 16.9 Å². The lowest BCUT2D eigenvalue weighted by atomic mass is 9.95. The molecule has 4 rings (SSSR count). The average Bonchev–Trinajstić information content (AvgIpc) is 3.13. The molecule has 7 nitrogen and oxygen atoms in total. The van der Waals surface area contributed by atoms with E-state index < -0.39 is 18.0 Å². The highest BCUT2D eigenvalue weighted by molar-refractivity contribution is 7.07. The van der Waals surface area contributed by atoms with Crippen molar-refractivity contribution in [2.24, 2.45) is 4.99 Å². The number of allylic oxidation sites excluding steroid dienone is 1. The fourth-order valence-corrected chi connectivity index (χ4v) is 4.68. The average molecular weight is 466 g/mol. The van der Waals surface area contributed by atoms with Crippen LogP contribution in [-0.2, 0) is 14.3 Å². The number of ether oxygens (including phenoxy) is 2. The summed E-state index contributed by atoms with van der Waals surface area (Å²) in [5, 5.41) is 0. The Hall–Kier alpha value is -3.85. The number of hydrogen-bond acceptors (Lipinski definition) is 7. The van der Waals surface area contributed by atoms with Gasteiger partial charge in [-0.25, -0.2) is 19.0 Å². The Balaban J connectivity index is 1.92. The van der Waals surface area contributed by atoms with Gasteiger partial charge in [0.25, 0.3) is 5.56 Å². The third-order valence-electron chi connectivity index (χ3n) is 5.24. The molecule has 0 fully saturated rings. The lowest BCUT2D eigenvalue weighted by Crippen LogP contribution is -2.39. The number of methoxy groups -OCH3 is 2. The third kappa shape index (κ3) is 4.14. The van der Waals surface area contributed by atoms with Crippen LogP contribution in [0, 0.1) is 5.82 Å². The van der Waals surface area contributed by atoms with Gasteiger partial charge in [-0.05, 0) is 48.4 Å². The minimum Gasteiger partial charge on any atom is -0.466 e. The van der Waals surface area contributed by atoms with E-state index >= 15 is 0 Å². The Morgan fingerprint density at radius 2 is 1.67 bits per heavy atom. The van der Waals surface area contributed by atoms with Crippen LogP contribution in [0.25, 0.3) is 6.08 Å². The molecule has 1 atom stereocenters. The zero-order valence-electron chi connectivity index (χ0n) is 18.0. The molecule has 0 N–H and O–H groups in total. The van der Waals surface area contributed by atoms with Gasteiger partial charge in [0.2, 0.25) is 0 Å². The van der Waals surface area contributed by atoms with Crippen molar-refractivity contribution in [3.63, 3.8) is 0 Å². The highest BCUT2D eigenvalue weighted by atomic mass is 32.1. The van der Waals surface area contributed by atoms with Crippen molar-refractivity contribution in [1.29, 1.82) is 0 Å². The summed E-state index contributed by atoms with van der Waals surface area (Å²) in [4.78, 5) is 42.8. The molecule has 0 radical (unpaired) electrons. The lowest BCUT2D eigenvalue weighted by Gasteiger charge is -2.24. The molecule has 0 unspecified atom stereocenters. The Morgan fingerprint density at radius 1 is 1.03 bits per heavy atom. The van der Waals surface area contributed by atoms with Gasteiger partial charge in [-0.15, -0.1) is 0 Å². The van der Waals surface area contributed by atoms with Crippen molar-refractivity contribution >= 4 is 29.4 Å². The SMILES string of the molecule is COC(=O)C1=C(C)N=c2s/c(=C\c3ccc(F)cc3)c(=O)n2[C@H]1c1ccc(C(=O)OC)cc1.